The molecule has 59 heavy (non-hydrogen) atoms. The van der Waals surface area contributed by atoms with E-state index in [2.05, 4.69) is 80.3 Å². The molecule has 0 bridgehead atoms. The molecule has 2 aliphatic heterocycles. The van der Waals surface area contributed by atoms with E-state index in [4.69, 9.17) is 25.8 Å². The second kappa shape index (κ2) is 20.0. The summed E-state index contributed by atoms with van der Waals surface area (Å²) in [5.41, 5.74) is 7.76. The third-order valence-corrected chi connectivity index (χ3v) is 11.8. The quantitative estimate of drug-likeness (QED) is 0.0939. The zero-order valence-corrected chi connectivity index (χ0v) is 35.1. The third-order valence-electron chi connectivity index (χ3n) is 11.5. The van der Waals surface area contributed by atoms with Crippen LogP contribution in [0.3, 0.4) is 0 Å². The molecule has 1 unspecified atom stereocenters. The Morgan fingerprint density at radius 1 is 0.915 bits per heavy atom. The maximum absolute atomic E-state index is 11.4. The maximum Gasteiger partial charge on any atom is 0.217 e. The second-order valence-corrected chi connectivity index (χ2v) is 16.1. The zero-order chi connectivity index (χ0) is 41.1. The van der Waals surface area contributed by atoms with Gasteiger partial charge in [-0.1, -0.05) is 48.4 Å². The van der Waals surface area contributed by atoms with Crippen LogP contribution in [0.1, 0.15) is 90.7 Å². The molecule has 0 spiro atoms. The summed E-state index contributed by atoms with van der Waals surface area (Å²) in [4.78, 5) is 28.4. The van der Waals surface area contributed by atoms with Gasteiger partial charge in [-0.25, -0.2) is 4.98 Å². The number of hydrogen-bond acceptors (Lipinski definition) is 9. The number of piperidine rings is 2. The van der Waals surface area contributed by atoms with Crippen LogP contribution in [0.5, 0.6) is 17.2 Å². The van der Waals surface area contributed by atoms with E-state index in [1.807, 2.05) is 24.4 Å². The van der Waals surface area contributed by atoms with E-state index in [9.17, 15) is 10.1 Å². The van der Waals surface area contributed by atoms with Crippen LogP contribution in [0.4, 0.5) is 0 Å². The molecular formula is C47H54ClN7O4. The number of carbonyl (C=O) groups is 1. The first-order valence-corrected chi connectivity index (χ1v) is 21.1. The first-order valence-electron chi connectivity index (χ1n) is 20.7. The summed E-state index contributed by atoms with van der Waals surface area (Å²) in [6.07, 6.45) is 13.1. The average molecular weight is 816 g/mol. The van der Waals surface area contributed by atoms with E-state index in [-0.39, 0.29) is 24.6 Å². The van der Waals surface area contributed by atoms with Crippen molar-refractivity contribution in [3.05, 3.63) is 124 Å². The lowest BCUT2D eigenvalue weighted by molar-refractivity contribution is -0.119. The summed E-state index contributed by atoms with van der Waals surface area (Å²) in [7, 11) is 0. The van der Waals surface area contributed by atoms with Gasteiger partial charge in [0, 0.05) is 81.1 Å². The first kappa shape index (κ1) is 41.7. The number of benzene rings is 3. The van der Waals surface area contributed by atoms with Crippen LogP contribution >= 0.6 is 11.6 Å². The van der Waals surface area contributed by atoms with Gasteiger partial charge in [0.05, 0.1) is 23.2 Å². The fourth-order valence-corrected chi connectivity index (χ4v) is 8.55. The molecule has 2 saturated heterocycles. The standard InChI is InChI=1S/C47H54ClN7O4/c1-32-37(9-6-10-40(32)41-11-7-13-44(33(41)2)57-22-8-18-54-20-14-39(15-21-54)53-34(3)56)31-59-46-25-45(58-30-36-23-35(26-49)27-50-28-36)38(24-42(46)48)29-55-19-5-4-12-43(55)47-51-16-17-52-47/h6-7,9-11,13,16-17,23-25,27-28,39,43H,4-5,8,12,14-15,18-22,29-31H2,1-3H3,(H,51,52)(H,53,56). The van der Waals surface area contributed by atoms with Gasteiger partial charge >= 0.3 is 0 Å². The van der Waals surface area contributed by atoms with E-state index < -0.39 is 0 Å². The number of hydrogen-bond donors (Lipinski definition) is 2. The van der Waals surface area contributed by atoms with Crippen molar-refractivity contribution in [1.82, 2.24) is 30.1 Å². The van der Waals surface area contributed by atoms with Gasteiger partial charge in [-0.05, 0) is 98.5 Å². The molecule has 5 aromatic rings. The van der Waals surface area contributed by atoms with Gasteiger partial charge in [0.2, 0.25) is 5.91 Å². The Kier molecular flexibility index (Phi) is 14.2. The Bertz CT molecular complexity index is 2230. The van der Waals surface area contributed by atoms with Crippen molar-refractivity contribution in [2.75, 3.05) is 32.8 Å². The Labute approximate surface area is 352 Å². The number of rotatable bonds is 16. The predicted molar refractivity (Wildman–Crippen MR) is 229 cm³/mol. The van der Waals surface area contributed by atoms with Gasteiger partial charge in [0.15, 0.2) is 0 Å². The zero-order valence-electron chi connectivity index (χ0n) is 34.3. The normalized spacial score (nSPS) is 16.4. The number of nitrogens with one attached hydrogen (secondary N) is 2. The molecule has 1 atom stereocenters. The molecule has 2 aliphatic rings. The number of nitrogens with zero attached hydrogens (tertiary/aromatic N) is 5. The highest BCUT2D eigenvalue weighted by molar-refractivity contribution is 6.32. The minimum Gasteiger partial charge on any atom is -0.493 e. The van der Waals surface area contributed by atoms with Crippen molar-refractivity contribution in [2.45, 2.75) is 91.1 Å². The number of carbonyl (C=O) groups excluding carboxylic acids is 1. The summed E-state index contributed by atoms with van der Waals surface area (Å²) in [6, 6.07) is 20.8. The van der Waals surface area contributed by atoms with Gasteiger partial charge < -0.3 is 29.4 Å². The Morgan fingerprint density at radius 2 is 1.71 bits per heavy atom. The van der Waals surface area contributed by atoms with Crippen molar-refractivity contribution >= 4 is 17.5 Å². The summed E-state index contributed by atoms with van der Waals surface area (Å²) < 4.78 is 19.3. The van der Waals surface area contributed by atoms with Crippen molar-refractivity contribution in [3.63, 3.8) is 0 Å². The van der Waals surface area contributed by atoms with Crippen molar-refractivity contribution < 1.29 is 19.0 Å². The summed E-state index contributed by atoms with van der Waals surface area (Å²) in [5.74, 6) is 3.11. The number of imidazole rings is 1. The lowest BCUT2D eigenvalue weighted by atomic mass is 9.93. The Balaban J connectivity index is 1.03. The van der Waals surface area contributed by atoms with Gasteiger partial charge in [0.25, 0.3) is 0 Å². The highest BCUT2D eigenvalue weighted by atomic mass is 35.5. The molecule has 0 radical (unpaired) electrons. The molecule has 11 nitrogen and oxygen atoms in total. The summed E-state index contributed by atoms with van der Waals surface area (Å²) in [5, 5.41) is 13.0. The van der Waals surface area contributed by atoms with Crippen molar-refractivity contribution in [2.24, 2.45) is 0 Å². The van der Waals surface area contributed by atoms with Gasteiger partial charge in [-0.2, -0.15) is 5.26 Å². The molecule has 0 saturated carbocycles. The van der Waals surface area contributed by atoms with E-state index in [0.29, 0.717) is 41.8 Å². The summed E-state index contributed by atoms with van der Waals surface area (Å²) >= 11 is 7.01. The van der Waals surface area contributed by atoms with Crippen LogP contribution in [-0.4, -0.2) is 69.5 Å². The minimum atomic E-state index is 0.0517. The fraction of sp³-hybridized carbons (Fsp3) is 0.404. The smallest absolute Gasteiger partial charge is 0.217 e. The van der Waals surface area contributed by atoms with Crippen molar-refractivity contribution in [3.8, 4) is 34.4 Å². The molecule has 1 amide bonds. The van der Waals surface area contributed by atoms with Gasteiger partial charge in [-0.15, -0.1) is 0 Å². The van der Waals surface area contributed by atoms with E-state index >= 15 is 0 Å². The molecule has 7 rings (SSSR count). The largest absolute Gasteiger partial charge is 0.493 e. The molecule has 3 aromatic carbocycles. The van der Waals surface area contributed by atoms with Crippen LogP contribution in [-0.2, 0) is 24.6 Å². The molecule has 2 N–H and O–H groups in total. The molecule has 2 fully saturated rings. The summed E-state index contributed by atoms with van der Waals surface area (Å²) in [6.45, 7) is 11.6. The number of aromatic amines is 1. The van der Waals surface area contributed by atoms with E-state index in [1.165, 1.54) is 0 Å². The molecule has 12 heteroatoms. The number of ether oxygens (including phenoxy) is 3. The second-order valence-electron chi connectivity index (χ2n) is 15.7. The maximum atomic E-state index is 11.4. The topological polar surface area (TPSA) is 129 Å². The molecular weight excluding hydrogens is 762 g/mol. The first-order chi connectivity index (χ1) is 28.7. The van der Waals surface area contributed by atoms with E-state index in [0.717, 1.165) is 115 Å². The highest BCUT2D eigenvalue weighted by Gasteiger charge is 2.27. The van der Waals surface area contributed by atoms with Crippen LogP contribution in [0.15, 0.2) is 79.4 Å². The van der Waals surface area contributed by atoms with Gasteiger partial charge in [0.1, 0.15) is 42.4 Å². The number of nitriles is 1. The van der Waals surface area contributed by atoms with Gasteiger partial charge in [-0.3, -0.25) is 14.7 Å². The number of halogens is 1. The molecule has 2 aromatic heterocycles. The lowest BCUT2D eigenvalue weighted by Crippen LogP contribution is -2.44. The van der Waals surface area contributed by atoms with E-state index in [1.54, 1.807) is 31.6 Å². The lowest BCUT2D eigenvalue weighted by Gasteiger charge is -2.35. The monoisotopic (exact) mass is 815 g/mol. The third kappa shape index (κ3) is 10.8. The van der Waals surface area contributed by atoms with Crippen LogP contribution in [0.25, 0.3) is 11.1 Å². The Morgan fingerprint density at radius 3 is 2.49 bits per heavy atom. The average Bonchev–Trinajstić information content (AvgIpc) is 3.79. The number of aromatic nitrogens is 3. The predicted octanol–water partition coefficient (Wildman–Crippen LogP) is 8.87. The number of amides is 1. The number of H-pyrrole nitrogens is 1. The highest BCUT2D eigenvalue weighted by Crippen LogP contribution is 2.39. The number of likely N-dealkylation sites (tertiary alicyclic amines) is 2. The van der Waals surface area contributed by atoms with Crippen molar-refractivity contribution in [1.29, 1.82) is 5.26 Å². The molecule has 0 aliphatic carbocycles. The molecule has 308 valence electrons. The van der Waals surface area contributed by atoms with Crippen LogP contribution in [0.2, 0.25) is 5.02 Å². The van der Waals surface area contributed by atoms with Crippen LogP contribution < -0.4 is 19.5 Å². The fourth-order valence-electron chi connectivity index (χ4n) is 8.31. The Hall–Kier alpha value is -5.41. The minimum absolute atomic E-state index is 0.0517. The SMILES string of the molecule is CC(=O)NC1CCN(CCCOc2cccc(-c3cccc(COc4cc(OCc5cncc(C#N)c5)c(CN5CCCCC5c5ncc[nH]5)cc4Cl)c3C)c2C)CC1. The molecule has 4 heterocycles. The van der Waals surface area contributed by atoms with Crippen LogP contribution in [0, 0.1) is 25.2 Å². The number of pyridine rings is 1.